The molecule has 2 N–H and O–H groups in total. The molecule has 0 radical (unpaired) electrons. The number of amides is 1. The van der Waals surface area contributed by atoms with Gasteiger partial charge in [-0.3, -0.25) is 9.59 Å². The van der Waals surface area contributed by atoms with Crippen LogP contribution in [-0.4, -0.2) is 22.2 Å². The van der Waals surface area contributed by atoms with Gasteiger partial charge in [0.05, 0.1) is 17.5 Å². The maximum atomic E-state index is 14.5. The van der Waals surface area contributed by atoms with E-state index in [1.807, 2.05) is 0 Å². The van der Waals surface area contributed by atoms with Gasteiger partial charge >= 0.3 is 0 Å². The molecule has 7 heteroatoms. The van der Waals surface area contributed by atoms with E-state index in [1.165, 1.54) is 35.0 Å². The van der Waals surface area contributed by atoms with Gasteiger partial charge in [-0.25, -0.2) is 4.39 Å². The van der Waals surface area contributed by atoms with Crippen molar-refractivity contribution in [3.63, 3.8) is 0 Å². The zero-order valence-electron chi connectivity index (χ0n) is 15.1. The number of carbonyl (C=O) groups excluding carboxylic acids is 1. The number of pyridine rings is 1. The first kappa shape index (κ1) is 19.8. The predicted octanol–water partition coefficient (Wildman–Crippen LogP) is 3.27. The van der Waals surface area contributed by atoms with Gasteiger partial charge < -0.3 is 15.0 Å². The second kappa shape index (κ2) is 8.37. The van der Waals surface area contributed by atoms with Crippen molar-refractivity contribution in [1.29, 1.82) is 0 Å². The Morgan fingerprint density at radius 3 is 2.68 bits per heavy atom. The zero-order valence-corrected chi connectivity index (χ0v) is 15.8. The number of fused-ring (bicyclic) bond motifs is 1. The van der Waals surface area contributed by atoms with E-state index in [9.17, 15) is 14.0 Å². The maximum absolute atomic E-state index is 14.5. The standard InChI is InChI=1S/C21H18ClFN2O3/c1-25-12-17(21(28)24-11-13-4-6-15(22)7-5-13)20(27)16-9-14(3-2-8-26)10-18(23)19(16)25/h2-7,9-10,12,26H,8,11H2,1H3,(H,24,28)/b3-2-. The summed E-state index contributed by atoms with van der Waals surface area (Å²) in [6.07, 6.45) is 4.27. The Morgan fingerprint density at radius 2 is 2.00 bits per heavy atom. The first-order valence-electron chi connectivity index (χ1n) is 8.53. The lowest BCUT2D eigenvalue weighted by Gasteiger charge is -2.11. The predicted molar refractivity (Wildman–Crippen MR) is 108 cm³/mol. The molecule has 0 spiro atoms. The Morgan fingerprint density at radius 1 is 1.29 bits per heavy atom. The molecular formula is C21H18ClFN2O3. The number of nitrogens with zero attached hydrogens (tertiary/aromatic N) is 1. The van der Waals surface area contributed by atoms with E-state index in [-0.39, 0.29) is 29.6 Å². The van der Waals surface area contributed by atoms with Crippen molar-refractivity contribution in [3.05, 3.63) is 86.4 Å². The van der Waals surface area contributed by atoms with Crippen molar-refractivity contribution in [2.24, 2.45) is 7.05 Å². The van der Waals surface area contributed by atoms with Gasteiger partial charge in [0.15, 0.2) is 0 Å². The van der Waals surface area contributed by atoms with E-state index in [0.29, 0.717) is 10.6 Å². The van der Waals surface area contributed by atoms with E-state index in [1.54, 1.807) is 31.3 Å². The van der Waals surface area contributed by atoms with Gasteiger partial charge in [0.25, 0.3) is 5.91 Å². The summed E-state index contributed by atoms with van der Waals surface area (Å²) in [6, 6.07) is 9.74. The van der Waals surface area contributed by atoms with Gasteiger partial charge in [-0.05, 0) is 35.4 Å². The molecule has 0 saturated heterocycles. The molecule has 1 amide bonds. The van der Waals surface area contributed by atoms with Crippen LogP contribution in [0.25, 0.3) is 17.0 Å². The average Bonchev–Trinajstić information content (AvgIpc) is 2.68. The van der Waals surface area contributed by atoms with Crippen LogP contribution >= 0.6 is 11.6 Å². The number of aliphatic hydroxyl groups excluding tert-OH is 1. The molecule has 5 nitrogen and oxygen atoms in total. The van der Waals surface area contributed by atoms with E-state index in [0.717, 1.165) is 5.56 Å². The molecule has 0 fully saturated rings. The third-order valence-corrected chi connectivity index (χ3v) is 4.53. The van der Waals surface area contributed by atoms with E-state index in [4.69, 9.17) is 16.7 Å². The molecule has 0 aliphatic heterocycles. The van der Waals surface area contributed by atoms with Crippen molar-refractivity contribution >= 4 is 34.5 Å². The van der Waals surface area contributed by atoms with Crippen LogP contribution < -0.4 is 10.7 Å². The quantitative estimate of drug-likeness (QED) is 0.690. The Balaban J connectivity index is 1.97. The fraction of sp³-hybridized carbons (Fsp3) is 0.143. The highest BCUT2D eigenvalue weighted by molar-refractivity contribution is 6.30. The fourth-order valence-corrected chi connectivity index (χ4v) is 3.07. The Labute approximate surface area is 165 Å². The lowest BCUT2D eigenvalue weighted by atomic mass is 10.1. The van der Waals surface area contributed by atoms with Gasteiger partial charge in [-0.1, -0.05) is 35.9 Å². The lowest BCUT2D eigenvalue weighted by molar-refractivity contribution is 0.0949. The first-order valence-corrected chi connectivity index (χ1v) is 8.91. The van der Waals surface area contributed by atoms with Gasteiger partial charge in [0.1, 0.15) is 11.4 Å². The Bertz CT molecular complexity index is 1120. The molecule has 1 aromatic heterocycles. The topological polar surface area (TPSA) is 71.3 Å². The molecule has 3 aromatic rings. The lowest BCUT2D eigenvalue weighted by Crippen LogP contribution is -2.29. The van der Waals surface area contributed by atoms with Crippen molar-refractivity contribution in [2.45, 2.75) is 6.54 Å². The van der Waals surface area contributed by atoms with Crippen LogP contribution in [0.15, 0.2) is 53.5 Å². The highest BCUT2D eigenvalue weighted by Crippen LogP contribution is 2.19. The minimum atomic E-state index is -0.581. The van der Waals surface area contributed by atoms with Crippen LogP contribution in [0.5, 0.6) is 0 Å². The largest absolute Gasteiger partial charge is 0.392 e. The average molecular weight is 401 g/mol. The molecule has 0 aliphatic rings. The summed E-state index contributed by atoms with van der Waals surface area (Å²) < 4.78 is 15.9. The second-order valence-corrected chi connectivity index (χ2v) is 6.71. The van der Waals surface area contributed by atoms with Gasteiger partial charge in [0.2, 0.25) is 5.43 Å². The molecule has 144 valence electrons. The molecule has 0 bridgehead atoms. The van der Waals surface area contributed by atoms with Crippen LogP contribution in [-0.2, 0) is 13.6 Å². The third-order valence-electron chi connectivity index (χ3n) is 4.28. The fourth-order valence-electron chi connectivity index (χ4n) is 2.94. The van der Waals surface area contributed by atoms with Gasteiger partial charge in [-0.2, -0.15) is 0 Å². The number of rotatable bonds is 5. The molecule has 28 heavy (non-hydrogen) atoms. The van der Waals surface area contributed by atoms with Crippen LogP contribution in [0.1, 0.15) is 21.5 Å². The third kappa shape index (κ3) is 4.13. The SMILES string of the molecule is Cn1cc(C(=O)NCc2ccc(Cl)cc2)c(=O)c2cc(/C=C\CO)cc(F)c21. The summed E-state index contributed by atoms with van der Waals surface area (Å²) in [6.45, 7) is 0.0235. The van der Waals surface area contributed by atoms with Crippen molar-refractivity contribution in [1.82, 2.24) is 9.88 Å². The number of hydrogen-bond acceptors (Lipinski definition) is 3. The van der Waals surface area contributed by atoms with E-state index >= 15 is 0 Å². The van der Waals surface area contributed by atoms with Crippen molar-refractivity contribution < 1.29 is 14.3 Å². The van der Waals surface area contributed by atoms with E-state index < -0.39 is 17.2 Å². The van der Waals surface area contributed by atoms with Gasteiger partial charge in [-0.15, -0.1) is 0 Å². The maximum Gasteiger partial charge on any atom is 0.257 e. The molecule has 0 aliphatic carbocycles. The van der Waals surface area contributed by atoms with Crippen LogP contribution in [0, 0.1) is 5.82 Å². The molecule has 3 rings (SSSR count). The number of aromatic nitrogens is 1. The highest BCUT2D eigenvalue weighted by atomic mass is 35.5. The summed E-state index contributed by atoms with van der Waals surface area (Å²) >= 11 is 5.84. The number of hydrogen-bond donors (Lipinski definition) is 2. The highest BCUT2D eigenvalue weighted by Gasteiger charge is 2.17. The monoisotopic (exact) mass is 400 g/mol. The van der Waals surface area contributed by atoms with Gasteiger partial charge in [0, 0.05) is 24.8 Å². The molecule has 1 heterocycles. The summed E-state index contributed by atoms with van der Waals surface area (Å²) in [5.41, 5.74) is 0.736. The minimum Gasteiger partial charge on any atom is -0.392 e. The number of benzene rings is 2. The summed E-state index contributed by atoms with van der Waals surface area (Å²) in [4.78, 5) is 25.4. The number of halogens is 2. The molecule has 0 unspecified atom stereocenters. The summed E-state index contributed by atoms with van der Waals surface area (Å²) in [5, 5.41) is 12.3. The van der Waals surface area contributed by atoms with Crippen LogP contribution in [0.2, 0.25) is 5.02 Å². The number of aliphatic hydroxyl groups is 1. The summed E-state index contributed by atoms with van der Waals surface area (Å²) in [5.74, 6) is -1.13. The summed E-state index contributed by atoms with van der Waals surface area (Å²) in [7, 11) is 1.57. The van der Waals surface area contributed by atoms with Crippen molar-refractivity contribution in [2.75, 3.05) is 6.61 Å². The molecule has 2 aromatic carbocycles. The Kier molecular flexibility index (Phi) is 5.92. The molecule has 0 atom stereocenters. The van der Waals surface area contributed by atoms with E-state index in [2.05, 4.69) is 5.32 Å². The smallest absolute Gasteiger partial charge is 0.257 e. The molecular weight excluding hydrogens is 383 g/mol. The van der Waals surface area contributed by atoms with Crippen LogP contribution in [0.3, 0.4) is 0 Å². The first-order chi connectivity index (χ1) is 13.4. The van der Waals surface area contributed by atoms with Crippen molar-refractivity contribution in [3.8, 4) is 0 Å². The molecule has 0 saturated carbocycles. The number of aryl methyl sites for hydroxylation is 1. The van der Waals surface area contributed by atoms with Crippen LogP contribution in [0.4, 0.5) is 4.39 Å². The normalized spacial score (nSPS) is 11.3. The Hall–Kier alpha value is -2.96. The zero-order chi connectivity index (χ0) is 20.3. The number of nitrogens with one attached hydrogen (secondary N) is 1. The number of carbonyl (C=O) groups is 1. The second-order valence-electron chi connectivity index (χ2n) is 6.28. The minimum absolute atomic E-state index is 0.0772.